The zero-order valence-electron chi connectivity index (χ0n) is 12.9. The molecular formula is C18H26ClNO. The SMILES string of the molecule is Cc1ccc(CN2CCCC2C2CCCCC2O)c(Cl)c1. The van der Waals surface area contributed by atoms with Gasteiger partial charge in [-0.15, -0.1) is 0 Å². The van der Waals surface area contributed by atoms with E-state index in [1.54, 1.807) is 0 Å². The molecule has 3 heteroatoms. The van der Waals surface area contributed by atoms with Crippen LogP contribution in [0, 0.1) is 12.8 Å². The van der Waals surface area contributed by atoms with Crippen LogP contribution in [0.3, 0.4) is 0 Å². The van der Waals surface area contributed by atoms with E-state index in [1.165, 1.54) is 43.2 Å². The van der Waals surface area contributed by atoms with E-state index in [-0.39, 0.29) is 6.10 Å². The molecule has 1 aromatic rings. The molecule has 1 saturated heterocycles. The Hall–Kier alpha value is -0.570. The summed E-state index contributed by atoms with van der Waals surface area (Å²) in [6, 6.07) is 6.89. The molecule has 1 heterocycles. The topological polar surface area (TPSA) is 23.5 Å². The van der Waals surface area contributed by atoms with Gasteiger partial charge in [-0.2, -0.15) is 0 Å². The summed E-state index contributed by atoms with van der Waals surface area (Å²) < 4.78 is 0. The predicted octanol–water partition coefficient (Wildman–Crippen LogP) is 4.16. The third-order valence-electron chi connectivity index (χ3n) is 5.27. The van der Waals surface area contributed by atoms with Crippen LogP contribution >= 0.6 is 11.6 Å². The van der Waals surface area contributed by atoms with Crippen LogP contribution in [0.15, 0.2) is 18.2 Å². The second kappa shape index (κ2) is 6.68. The molecule has 0 radical (unpaired) electrons. The van der Waals surface area contributed by atoms with E-state index < -0.39 is 0 Å². The summed E-state index contributed by atoms with van der Waals surface area (Å²) in [6.45, 7) is 4.14. The molecule has 0 bridgehead atoms. The number of halogens is 1. The minimum absolute atomic E-state index is 0.0992. The molecule has 1 aliphatic heterocycles. The minimum atomic E-state index is -0.0992. The van der Waals surface area contributed by atoms with Crippen molar-refractivity contribution in [3.8, 4) is 0 Å². The third kappa shape index (κ3) is 3.44. The first-order chi connectivity index (χ1) is 10.1. The monoisotopic (exact) mass is 307 g/mol. The summed E-state index contributed by atoms with van der Waals surface area (Å²) in [5.41, 5.74) is 2.43. The second-order valence-electron chi connectivity index (χ2n) is 6.79. The molecule has 0 spiro atoms. The fraction of sp³-hybridized carbons (Fsp3) is 0.667. The number of hydrogen-bond acceptors (Lipinski definition) is 2. The summed E-state index contributed by atoms with van der Waals surface area (Å²) in [4.78, 5) is 2.55. The lowest BCUT2D eigenvalue weighted by atomic mass is 9.80. The molecule has 1 aliphatic carbocycles. The van der Waals surface area contributed by atoms with Crippen LogP contribution in [-0.2, 0) is 6.54 Å². The van der Waals surface area contributed by atoms with Gasteiger partial charge >= 0.3 is 0 Å². The highest BCUT2D eigenvalue weighted by Crippen LogP contribution is 2.35. The minimum Gasteiger partial charge on any atom is -0.393 e. The van der Waals surface area contributed by atoms with Crippen LogP contribution in [0.5, 0.6) is 0 Å². The molecule has 1 N–H and O–H groups in total. The smallest absolute Gasteiger partial charge is 0.0583 e. The Balaban J connectivity index is 1.71. The molecule has 1 saturated carbocycles. The second-order valence-corrected chi connectivity index (χ2v) is 7.20. The Kier molecular flexibility index (Phi) is 4.88. The van der Waals surface area contributed by atoms with Crippen LogP contribution in [0.4, 0.5) is 0 Å². The van der Waals surface area contributed by atoms with Gasteiger partial charge in [0.25, 0.3) is 0 Å². The fourth-order valence-electron chi connectivity index (χ4n) is 4.12. The Bertz CT molecular complexity index is 490. The molecule has 0 amide bonds. The van der Waals surface area contributed by atoms with Gasteiger partial charge in [0.2, 0.25) is 0 Å². The summed E-state index contributed by atoms with van der Waals surface area (Å²) in [5.74, 6) is 0.463. The van der Waals surface area contributed by atoms with Crippen molar-refractivity contribution < 1.29 is 5.11 Å². The molecule has 1 aromatic carbocycles. The van der Waals surface area contributed by atoms with Crippen LogP contribution in [0.25, 0.3) is 0 Å². The van der Waals surface area contributed by atoms with E-state index in [0.29, 0.717) is 12.0 Å². The first kappa shape index (κ1) is 15.3. The highest BCUT2D eigenvalue weighted by atomic mass is 35.5. The molecule has 2 nitrogen and oxygen atoms in total. The lowest BCUT2D eigenvalue weighted by Gasteiger charge is -2.37. The molecule has 2 aliphatic rings. The molecule has 0 aromatic heterocycles. The van der Waals surface area contributed by atoms with Gasteiger partial charge in [0.05, 0.1) is 6.10 Å². The largest absolute Gasteiger partial charge is 0.393 e. The van der Waals surface area contributed by atoms with Crippen molar-refractivity contribution in [2.24, 2.45) is 5.92 Å². The third-order valence-corrected chi connectivity index (χ3v) is 5.62. The maximum atomic E-state index is 10.4. The number of aliphatic hydroxyl groups is 1. The van der Waals surface area contributed by atoms with E-state index in [1.807, 2.05) is 0 Å². The predicted molar refractivity (Wildman–Crippen MR) is 87.6 cm³/mol. The van der Waals surface area contributed by atoms with Gasteiger partial charge in [0, 0.05) is 23.5 Å². The van der Waals surface area contributed by atoms with Crippen molar-refractivity contribution in [1.29, 1.82) is 0 Å². The number of rotatable bonds is 3. The number of nitrogens with zero attached hydrogens (tertiary/aromatic N) is 1. The van der Waals surface area contributed by atoms with E-state index >= 15 is 0 Å². The van der Waals surface area contributed by atoms with Crippen molar-refractivity contribution in [2.75, 3.05) is 6.54 Å². The Morgan fingerprint density at radius 3 is 2.76 bits per heavy atom. The van der Waals surface area contributed by atoms with Crippen LogP contribution < -0.4 is 0 Å². The van der Waals surface area contributed by atoms with Crippen molar-refractivity contribution in [3.63, 3.8) is 0 Å². The number of hydrogen-bond donors (Lipinski definition) is 1. The standard InChI is InChI=1S/C18H26ClNO/c1-13-8-9-14(16(19)11-13)12-20-10-4-6-17(20)15-5-2-3-7-18(15)21/h8-9,11,15,17-18,21H,2-7,10,12H2,1H3. The van der Waals surface area contributed by atoms with Gasteiger partial charge < -0.3 is 5.11 Å². The first-order valence-electron chi connectivity index (χ1n) is 8.32. The average Bonchev–Trinajstić information content (AvgIpc) is 2.90. The lowest BCUT2D eigenvalue weighted by molar-refractivity contribution is 0.0202. The van der Waals surface area contributed by atoms with E-state index in [2.05, 4.69) is 30.0 Å². The molecule has 116 valence electrons. The quantitative estimate of drug-likeness (QED) is 0.906. The Morgan fingerprint density at radius 2 is 2.00 bits per heavy atom. The summed E-state index contributed by atoms with van der Waals surface area (Å²) in [5, 5.41) is 11.2. The zero-order valence-corrected chi connectivity index (χ0v) is 13.6. The maximum Gasteiger partial charge on any atom is 0.0583 e. The highest BCUT2D eigenvalue weighted by Gasteiger charge is 2.36. The van der Waals surface area contributed by atoms with Crippen LogP contribution in [-0.4, -0.2) is 28.7 Å². The van der Waals surface area contributed by atoms with Gasteiger partial charge in [-0.05, 0) is 56.3 Å². The summed E-state index contributed by atoms with van der Waals surface area (Å²) >= 11 is 6.39. The Morgan fingerprint density at radius 1 is 1.19 bits per heavy atom. The number of benzene rings is 1. The van der Waals surface area contributed by atoms with Crippen molar-refractivity contribution >= 4 is 11.6 Å². The van der Waals surface area contributed by atoms with E-state index in [0.717, 1.165) is 24.5 Å². The average molecular weight is 308 g/mol. The van der Waals surface area contributed by atoms with Gasteiger partial charge in [-0.3, -0.25) is 4.90 Å². The normalized spacial score (nSPS) is 30.7. The number of aryl methyl sites for hydroxylation is 1. The maximum absolute atomic E-state index is 10.4. The van der Waals surface area contributed by atoms with Crippen LogP contribution in [0.1, 0.15) is 49.7 Å². The van der Waals surface area contributed by atoms with E-state index in [4.69, 9.17) is 11.6 Å². The van der Waals surface area contributed by atoms with E-state index in [9.17, 15) is 5.11 Å². The number of likely N-dealkylation sites (tertiary alicyclic amines) is 1. The molecule has 21 heavy (non-hydrogen) atoms. The highest BCUT2D eigenvalue weighted by molar-refractivity contribution is 6.31. The van der Waals surface area contributed by atoms with Crippen molar-refractivity contribution in [2.45, 2.75) is 64.1 Å². The summed E-state index contributed by atoms with van der Waals surface area (Å²) in [6.07, 6.45) is 7.01. The van der Waals surface area contributed by atoms with Gasteiger partial charge in [-0.25, -0.2) is 0 Å². The van der Waals surface area contributed by atoms with Gasteiger partial charge in [0.15, 0.2) is 0 Å². The molecule has 2 fully saturated rings. The van der Waals surface area contributed by atoms with Crippen LogP contribution in [0.2, 0.25) is 5.02 Å². The van der Waals surface area contributed by atoms with Crippen molar-refractivity contribution in [1.82, 2.24) is 4.90 Å². The van der Waals surface area contributed by atoms with Gasteiger partial charge in [0.1, 0.15) is 0 Å². The van der Waals surface area contributed by atoms with Gasteiger partial charge in [-0.1, -0.05) is 36.6 Å². The summed E-state index contributed by atoms with van der Waals surface area (Å²) in [7, 11) is 0. The molecular weight excluding hydrogens is 282 g/mol. The lowest BCUT2D eigenvalue weighted by Crippen LogP contribution is -2.42. The number of aliphatic hydroxyl groups excluding tert-OH is 1. The Labute approximate surface area is 133 Å². The molecule has 3 unspecified atom stereocenters. The fourth-order valence-corrected chi connectivity index (χ4v) is 4.42. The molecule has 3 rings (SSSR count). The zero-order chi connectivity index (χ0) is 14.8. The molecule has 3 atom stereocenters. The van der Waals surface area contributed by atoms with Crippen molar-refractivity contribution in [3.05, 3.63) is 34.3 Å². The first-order valence-corrected chi connectivity index (χ1v) is 8.70.